The molecule has 0 aliphatic heterocycles. The Hall–Kier alpha value is -0.610. The van der Waals surface area contributed by atoms with E-state index in [0.29, 0.717) is 12.6 Å². The summed E-state index contributed by atoms with van der Waals surface area (Å²) in [6, 6.07) is 0.454. The molecule has 0 fully saturated rings. The number of ether oxygens (including phenoxy) is 1. The fraction of sp³-hybridized carbons (Fsp3) is 0.941. The van der Waals surface area contributed by atoms with Crippen molar-refractivity contribution < 1.29 is 9.53 Å². The second kappa shape index (κ2) is 8.74. The topological polar surface area (TPSA) is 41.6 Å². The third-order valence-electron chi connectivity index (χ3n) is 4.37. The van der Waals surface area contributed by atoms with Crippen LogP contribution in [0.3, 0.4) is 0 Å². The van der Waals surface area contributed by atoms with Crippen LogP contribution in [-0.2, 0) is 9.53 Å². The van der Waals surface area contributed by atoms with Crippen molar-refractivity contribution in [3.05, 3.63) is 0 Å². The Morgan fingerprint density at radius 1 is 1.24 bits per heavy atom. The van der Waals surface area contributed by atoms with E-state index in [9.17, 15) is 4.79 Å². The van der Waals surface area contributed by atoms with Crippen LogP contribution >= 0.6 is 0 Å². The van der Waals surface area contributed by atoms with Crippen LogP contribution in [-0.4, -0.2) is 49.2 Å². The molecule has 0 aromatic rings. The van der Waals surface area contributed by atoms with Crippen molar-refractivity contribution >= 4 is 5.97 Å². The Labute approximate surface area is 131 Å². The van der Waals surface area contributed by atoms with Gasteiger partial charge in [-0.2, -0.15) is 0 Å². The lowest BCUT2D eigenvalue weighted by molar-refractivity contribution is -0.151. The van der Waals surface area contributed by atoms with E-state index in [1.165, 1.54) is 0 Å². The summed E-state index contributed by atoms with van der Waals surface area (Å²) in [4.78, 5) is 14.6. The van der Waals surface area contributed by atoms with Gasteiger partial charge in [-0.05, 0) is 52.6 Å². The smallest absolute Gasteiger partial charge is 0.326 e. The molecule has 0 aliphatic rings. The van der Waals surface area contributed by atoms with Gasteiger partial charge >= 0.3 is 5.97 Å². The zero-order chi connectivity index (χ0) is 16.7. The van der Waals surface area contributed by atoms with Gasteiger partial charge in [0.2, 0.25) is 0 Å². The van der Waals surface area contributed by atoms with Crippen molar-refractivity contribution in [1.82, 2.24) is 10.2 Å². The molecule has 1 N–H and O–H groups in total. The van der Waals surface area contributed by atoms with E-state index < -0.39 is 5.54 Å². The minimum atomic E-state index is -0.599. The summed E-state index contributed by atoms with van der Waals surface area (Å²) in [6.45, 7) is 17.0. The van der Waals surface area contributed by atoms with Crippen LogP contribution in [0.25, 0.3) is 0 Å². The molecule has 4 heteroatoms. The van der Waals surface area contributed by atoms with Crippen molar-refractivity contribution in [1.29, 1.82) is 0 Å². The molecule has 0 heterocycles. The summed E-state index contributed by atoms with van der Waals surface area (Å²) in [6.07, 6.45) is 1.76. The summed E-state index contributed by atoms with van der Waals surface area (Å²) in [5, 5.41) is 3.36. The Morgan fingerprint density at radius 3 is 2.24 bits per heavy atom. The van der Waals surface area contributed by atoms with Crippen molar-refractivity contribution in [2.45, 2.75) is 72.9 Å². The average molecular weight is 300 g/mol. The van der Waals surface area contributed by atoms with Gasteiger partial charge in [0, 0.05) is 12.6 Å². The largest absolute Gasteiger partial charge is 0.465 e. The first kappa shape index (κ1) is 20.4. The fourth-order valence-corrected chi connectivity index (χ4v) is 2.21. The first-order valence-corrected chi connectivity index (χ1v) is 8.21. The Morgan fingerprint density at radius 2 is 1.81 bits per heavy atom. The highest BCUT2D eigenvalue weighted by Gasteiger charge is 2.35. The zero-order valence-corrected chi connectivity index (χ0v) is 15.4. The van der Waals surface area contributed by atoms with E-state index >= 15 is 0 Å². The van der Waals surface area contributed by atoms with Crippen molar-refractivity contribution in [2.24, 2.45) is 5.41 Å². The second-order valence-electron chi connectivity index (χ2n) is 7.25. The maximum absolute atomic E-state index is 12.2. The molecule has 0 saturated heterocycles. The molecule has 0 saturated carbocycles. The quantitative estimate of drug-likeness (QED) is 0.665. The number of nitrogens with zero attached hydrogens (tertiary/aromatic N) is 1. The first-order valence-electron chi connectivity index (χ1n) is 8.21. The Kier molecular flexibility index (Phi) is 8.49. The van der Waals surface area contributed by atoms with Gasteiger partial charge in [-0.1, -0.05) is 27.7 Å². The predicted octanol–water partition coefficient (Wildman–Crippen LogP) is 3.06. The van der Waals surface area contributed by atoms with Crippen LogP contribution in [0.4, 0.5) is 0 Å². The molecule has 0 aliphatic carbocycles. The van der Waals surface area contributed by atoms with E-state index in [0.717, 1.165) is 25.9 Å². The molecular weight excluding hydrogens is 264 g/mol. The highest BCUT2D eigenvalue weighted by atomic mass is 16.5. The van der Waals surface area contributed by atoms with E-state index in [2.05, 4.69) is 51.9 Å². The maximum atomic E-state index is 12.2. The minimum Gasteiger partial charge on any atom is -0.465 e. The van der Waals surface area contributed by atoms with E-state index in [4.69, 9.17) is 4.74 Å². The number of esters is 1. The van der Waals surface area contributed by atoms with Crippen LogP contribution in [0.2, 0.25) is 0 Å². The number of carbonyl (C=O) groups is 1. The zero-order valence-electron chi connectivity index (χ0n) is 15.4. The summed E-state index contributed by atoms with van der Waals surface area (Å²) in [5.74, 6) is -0.143. The lowest BCUT2D eigenvalue weighted by Crippen LogP contribution is -2.53. The molecule has 4 nitrogen and oxygen atoms in total. The number of hydrogen-bond donors (Lipinski definition) is 1. The van der Waals surface area contributed by atoms with E-state index in [1.807, 2.05) is 13.8 Å². The third kappa shape index (κ3) is 6.79. The van der Waals surface area contributed by atoms with Crippen LogP contribution in [0.1, 0.15) is 61.3 Å². The van der Waals surface area contributed by atoms with Crippen molar-refractivity contribution in [2.75, 3.05) is 26.7 Å². The van der Waals surface area contributed by atoms with Crippen LogP contribution in [0.5, 0.6) is 0 Å². The Bertz CT molecular complexity index is 312. The highest BCUT2D eigenvalue weighted by molar-refractivity contribution is 5.80. The first-order chi connectivity index (χ1) is 9.58. The monoisotopic (exact) mass is 300 g/mol. The summed E-state index contributed by atoms with van der Waals surface area (Å²) < 4.78 is 5.24. The molecule has 0 rings (SSSR count). The van der Waals surface area contributed by atoms with Crippen LogP contribution in [0.15, 0.2) is 0 Å². The molecule has 126 valence electrons. The molecule has 0 amide bonds. The predicted molar refractivity (Wildman–Crippen MR) is 89.5 cm³/mol. The number of carbonyl (C=O) groups excluding carboxylic acids is 1. The van der Waals surface area contributed by atoms with E-state index in [-0.39, 0.29) is 11.4 Å². The third-order valence-corrected chi connectivity index (χ3v) is 4.37. The lowest BCUT2D eigenvalue weighted by atomic mass is 9.86. The molecule has 0 aromatic heterocycles. The number of rotatable bonds is 9. The van der Waals surface area contributed by atoms with Crippen molar-refractivity contribution in [3.63, 3.8) is 0 Å². The van der Waals surface area contributed by atoms with Gasteiger partial charge in [-0.15, -0.1) is 0 Å². The summed E-state index contributed by atoms with van der Waals surface area (Å²) in [5.41, 5.74) is -0.371. The number of nitrogens with one attached hydrogen (secondary N) is 1. The van der Waals surface area contributed by atoms with Crippen LogP contribution < -0.4 is 5.32 Å². The standard InChI is InChI=1S/C17H36N2O2/c1-9-12-18-17(7,15(20)21-10-2)11-13-19(8)14(3)16(4,5)6/h14,18H,9-13H2,1-8H3. The maximum Gasteiger partial charge on any atom is 0.326 e. The molecule has 2 atom stereocenters. The lowest BCUT2D eigenvalue weighted by Gasteiger charge is -2.37. The molecule has 0 spiro atoms. The van der Waals surface area contributed by atoms with Gasteiger partial charge in [0.05, 0.1) is 6.61 Å². The minimum absolute atomic E-state index is 0.143. The van der Waals surface area contributed by atoms with Gasteiger partial charge in [-0.3, -0.25) is 4.79 Å². The van der Waals surface area contributed by atoms with Gasteiger partial charge < -0.3 is 15.0 Å². The Balaban J connectivity index is 4.72. The SMILES string of the molecule is CCCNC(C)(CCN(C)C(C)C(C)(C)C)C(=O)OCC. The summed E-state index contributed by atoms with van der Waals surface area (Å²) >= 11 is 0. The van der Waals surface area contributed by atoms with Crippen LogP contribution in [0, 0.1) is 5.41 Å². The average Bonchev–Trinajstić information content (AvgIpc) is 2.40. The van der Waals surface area contributed by atoms with Gasteiger partial charge in [0.1, 0.15) is 5.54 Å². The number of hydrogen-bond acceptors (Lipinski definition) is 4. The molecule has 0 bridgehead atoms. The van der Waals surface area contributed by atoms with E-state index in [1.54, 1.807) is 0 Å². The van der Waals surface area contributed by atoms with Crippen molar-refractivity contribution in [3.8, 4) is 0 Å². The molecule has 0 aromatic carbocycles. The fourth-order valence-electron chi connectivity index (χ4n) is 2.21. The summed E-state index contributed by atoms with van der Waals surface area (Å²) in [7, 11) is 2.13. The normalized spacial score (nSPS) is 16.6. The highest BCUT2D eigenvalue weighted by Crippen LogP contribution is 2.24. The molecule has 2 unspecified atom stereocenters. The molecule has 21 heavy (non-hydrogen) atoms. The molecular formula is C17H36N2O2. The van der Waals surface area contributed by atoms with Gasteiger partial charge in [0.15, 0.2) is 0 Å². The molecule has 0 radical (unpaired) electrons. The van der Waals surface area contributed by atoms with Gasteiger partial charge in [0.25, 0.3) is 0 Å². The second-order valence-corrected chi connectivity index (χ2v) is 7.25. The van der Waals surface area contributed by atoms with Gasteiger partial charge in [-0.25, -0.2) is 0 Å².